The van der Waals surface area contributed by atoms with E-state index in [0.717, 1.165) is 36.8 Å². The van der Waals surface area contributed by atoms with E-state index in [2.05, 4.69) is 12.1 Å². The molecule has 2 N–H and O–H groups in total. The van der Waals surface area contributed by atoms with E-state index in [1.54, 1.807) is 4.90 Å². The van der Waals surface area contributed by atoms with Gasteiger partial charge in [-0.1, -0.05) is 97.4 Å². The zero-order valence-corrected chi connectivity index (χ0v) is 19.8. The maximum Gasteiger partial charge on any atom is 0.266 e. The first kappa shape index (κ1) is 23.0. The van der Waals surface area contributed by atoms with E-state index in [9.17, 15) is 9.59 Å². The minimum atomic E-state index is -1.15. The second kappa shape index (κ2) is 9.87. The highest BCUT2D eigenvalue weighted by atomic mass is 16.2. The number of benzene rings is 3. The van der Waals surface area contributed by atoms with Crippen LogP contribution in [0.5, 0.6) is 0 Å². The Labute approximate surface area is 206 Å². The Bertz CT molecular complexity index is 1170. The molecular weight excluding hydrogens is 434 g/mol. The SMILES string of the molecule is NC1=NC(c2ccccc2)(c2ccccc2)C(=O)N1CCCCCC(=O)C1C[C@H]1c1ccccc1. The van der Waals surface area contributed by atoms with Crippen LogP contribution >= 0.6 is 0 Å². The molecule has 35 heavy (non-hydrogen) atoms. The van der Waals surface area contributed by atoms with Crippen LogP contribution in [-0.4, -0.2) is 29.1 Å². The van der Waals surface area contributed by atoms with E-state index < -0.39 is 5.54 Å². The van der Waals surface area contributed by atoms with Crippen LogP contribution in [0.25, 0.3) is 0 Å². The fourth-order valence-electron chi connectivity index (χ4n) is 5.25. The Morgan fingerprint density at radius 2 is 1.43 bits per heavy atom. The second-order valence-electron chi connectivity index (χ2n) is 9.51. The summed E-state index contributed by atoms with van der Waals surface area (Å²) in [4.78, 5) is 32.7. The fraction of sp³-hybridized carbons (Fsp3) is 0.300. The van der Waals surface area contributed by atoms with Gasteiger partial charge in [0.2, 0.25) is 0 Å². The Balaban J connectivity index is 1.17. The molecule has 1 heterocycles. The van der Waals surface area contributed by atoms with Crippen LogP contribution in [-0.2, 0) is 15.1 Å². The molecule has 0 aromatic heterocycles. The normalized spacial score (nSPS) is 20.5. The highest BCUT2D eigenvalue weighted by Crippen LogP contribution is 2.48. The number of guanidine groups is 1. The molecule has 5 rings (SSSR count). The molecular formula is C30H31N3O2. The van der Waals surface area contributed by atoms with Crippen molar-refractivity contribution >= 4 is 17.6 Å². The van der Waals surface area contributed by atoms with E-state index >= 15 is 0 Å². The summed E-state index contributed by atoms with van der Waals surface area (Å²) in [6, 6.07) is 29.5. The minimum absolute atomic E-state index is 0.118. The number of aliphatic imine (C=N–C) groups is 1. The quantitative estimate of drug-likeness (QED) is 0.427. The summed E-state index contributed by atoms with van der Waals surface area (Å²) in [5.41, 5.74) is 8.04. The summed E-state index contributed by atoms with van der Waals surface area (Å²) in [7, 11) is 0. The van der Waals surface area contributed by atoms with Crippen molar-refractivity contribution in [3.8, 4) is 0 Å². The van der Waals surface area contributed by atoms with E-state index in [1.807, 2.05) is 78.9 Å². The lowest BCUT2D eigenvalue weighted by molar-refractivity contribution is -0.130. The van der Waals surface area contributed by atoms with Crippen LogP contribution in [0.1, 0.15) is 54.7 Å². The van der Waals surface area contributed by atoms with Gasteiger partial charge in [0.1, 0.15) is 5.78 Å². The molecule has 0 spiro atoms. The molecule has 2 atom stereocenters. The summed E-state index contributed by atoms with van der Waals surface area (Å²) < 4.78 is 0. The van der Waals surface area contributed by atoms with Crippen molar-refractivity contribution in [2.24, 2.45) is 16.6 Å². The van der Waals surface area contributed by atoms with Crippen LogP contribution in [0.4, 0.5) is 0 Å². The summed E-state index contributed by atoms with van der Waals surface area (Å²) in [6.45, 7) is 0.500. The first-order valence-electron chi connectivity index (χ1n) is 12.5. The van der Waals surface area contributed by atoms with Crippen molar-refractivity contribution in [3.63, 3.8) is 0 Å². The standard InChI is InChI=1S/C30H31N3O2/c31-29-32-30(23-15-7-2-8-16-23,24-17-9-3-10-18-24)28(35)33(29)20-12-4-11-19-27(34)26-21-25(26)22-13-5-1-6-14-22/h1-3,5-10,13-18,25-26H,4,11-12,19-21H2,(H2,31,32)/t25-,26?/m0/s1. The first-order valence-corrected chi connectivity index (χ1v) is 12.5. The third-order valence-electron chi connectivity index (χ3n) is 7.23. The smallest absolute Gasteiger partial charge is 0.266 e. The van der Waals surface area contributed by atoms with Gasteiger partial charge in [-0.3, -0.25) is 14.5 Å². The van der Waals surface area contributed by atoms with Gasteiger partial charge < -0.3 is 5.73 Å². The highest BCUT2D eigenvalue weighted by Gasteiger charge is 2.50. The van der Waals surface area contributed by atoms with Gasteiger partial charge in [0.25, 0.3) is 5.91 Å². The zero-order valence-electron chi connectivity index (χ0n) is 19.8. The lowest BCUT2D eigenvalue weighted by Crippen LogP contribution is -2.44. The average molecular weight is 466 g/mol. The van der Waals surface area contributed by atoms with E-state index in [-0.39, 0.29) is 17.8 Å². The Morgan fingerprint density at radius 1 is 0.857 bits per heavy atom. The molecule has 1 amide bonds. The zero-order chi connectivity index (χ0) is 24.3. The van der Waals surface area contributed by atoms with Crippen LogP contribution in [0.15, 0.2) is 96.0 Å². The maximum atomic E-state index is 13.8. The predicted octanol–water partition coefficient (Wildman–Crippen LogP) is 5.02. The number of rotatable bonds is 10. The number of nitrogens with zero attached hydrogens (tertiary/aromatic N) is 2. The third-order valence-corrected chi connectivity index (χ3v) is 7.23. The number of ketones is 1. The Kier molecular flexibility index (Phi) is 6.49. The second-order valence-corrected chi connectivity index (χ2v) is 9.51. The van der Waals surface area contributed by atoms with Gasteiger partial charge in [-0.15, -0.1) is 0 Å². The van der Waals surface area contributed by atoms with Gasteiger partial charge in [-0.2, -0.15) is 0 Å². The number of Topliss-reactive ketones (excluding diaryl/α,β-unsaturated/α-hetero) is 1. The van der Waals surface area contributed by atoms with Gasteiger partial charge in [-0.05, 0) is 41.9 Å². The molecule has 2 aliphatic rings. The molecule has 5 heteroatoms. The van der Waals surface area contributed by atoms with Gasteiger partial charge in [0.15, 0.2) is 11.5 Å². The summed E-state index contributed by atoms with van der Waals surface area (Å²) >= 11 is 0. The first-order chi connectivity index (χ1) is 17.1. The maximum absolute atomic E-state index is 13.8. The van der Waals surface area contributed by atoms with Crippen molar-refractivity contribution in [3.05, 3.63) is 108 Å². The van der Waals surface area contributed by atoms with Crippen molar-refractivity contribution in [2.75, 3.05) is 6.54 Å². The third kappa shape index (κ3) is 4.51. The molecule has 0 bridgehead atoms. The van der Waals surface area contributed by atoms with E-state index in [4.69, 9.17) is 10.7 Å². The van der Waals surface area contributed by atoms with Gasteiger partial charge in [-0.25, -0.2) is 4.99 Å². The monoisotopic (exact) mass is 465 g/mol. The number of amides is 1. The molecule has 0 radical (unpaired) electrons. The van der Waals surface area contributed by atoms with Crippen LogP contribution in [0.3, 0.4) is 0 Å². The van der Waals surface area contributed by atoms with E-state index in [1.165, 1.54) is 5.56 Å². The van der Waals surface area contributed by atoms with Crippen LogP contribution < -0.4 is 5.73 Å². The van der Waals surface area contributed by atoms with Crippen LogP contribution in [0.2, 0.25) is 0 Å². The summed E-state index contributed by atoms with van der Waals surface area (Å²) in [5.74, 6) is 1.07. The minimum Gasteiger partial charge on any atom is -0.369 e. The molecule has 0 saturated heterocycles. The number of carbonyl (C=O) groups excluding carboxylic acids is 2. The number of hydrogen-bond donors (Lipinski definition) is 1. The average Bonchev–Trinajstić information content (AvgIpc) is 3.67. The molecule has 1 saturated carbocycles. The molecule has 1 unspecified atom stereocenters. The van der Waals surface area contributed by atoms with Gasteiger partial charge >= 0.3 is 0 Å². The predicted molar refractivity (Wildman–Crippen MR) is 138 cm³/mol. The summed E-state index contributed by atoms with van der Waals surface area (Å²) in [6.07, 6.45) is 4.05. The van der Waals surface area contributed by atoms with Crippen molar-refractivity contribution in [1.29, 1.82) is 0 Å². The molecule has 178 valence electrons. The topological polar surface area (TPSA) is 75.8 Å². The van der Waals surface area contributed by atoms with Crippen molar-refractivity contribution in [1.82, 2.24) is 4.90 Å². The van der Waals surface area contributed by atoms with Crippen LogP contribution in [0, 0.1) is 5.92 Å². The lowest BCUT2D eigenvalue weighted by atomic mass is 9.83. The molecule has 1 fully saturated rings. The molecule has 5 nitrogen and oxygen atoms in total. The highest BCUT2D eigenvalue weighted by molar-refractivity contribution is 6.09. The molecule has 3 aromatic carbocycles. The van der Waals surface area contributed by atoms with Crippen molar-refractivity contribution in [2.45, 2.75) is 43.6 Å². The molecule has 1 aliphatic carbocycles. The summed E-state index contributed by atoms with van der Waals surface area (Å²) in [5, 5.41) is 0. The van der Waals surface area contributed by atoms with Gasteiger partial charge in [0, 0.05) is 18.9 Å². The number of carbonyl (C=O) groups is 2. The number of nitrogens with two attached hydrogens (primary N) is 1. The lowest BCUT2D eigenvalue weighted by Gasteiger charge is -2.27. The Morgan fingerprint density at radius 3 is 2.03 bits per heavy atom. The van der Waals surface area contributed by atoms with Crippen molar-refractivity contribution < 1.29 is 9.59 Å². The number of unbranched alkanes of at least 4 members (excludes halogenated alkanes) is 2. The molecule has 1 aliphatic heterocycles. The van der Waals surface area contributed by atoms with Gasteiger partial charge in [0.05, 0.1) is 0 Å². The number of hydrogen-bond acceptors (Lipinski definition) is 4. The largest absolute Gasteiger partial charge is 0.369 e. The molecule has 3 aromatic rings. The Hall–Kier alpha value is -3.73. The van der Waals surface area contributed by atoms with E-state index in [0.29, 0.717) is 24.7 Å². The fourth-order valence-corrected chi connectivity index (χ4v) is 5.25.